The highest BCUT2D eigenvalue weighted by Crippen LogP contribution is 2.22. The number of hydrogen-bond acceptors (Lipinski definition) is 7. The number of ether oxygens (including phenoxy) is 1. The molecule has 0 saturated carbocycles. The molecule has 1 aromatic heterocycles. The lowest BCUT2D eigenvalue weighted by Crippen LogP contribution is -2.17. The minimum Gasteiger partial charge on any atom is -0.497 e. The first-order valence-corrected chi connectivity index (χ1v) is 6.73. The van der Waals surface area contributed by atoms with E-state index in [1.54, 1.807) is 7.11 Å². The zero-order chi connectivity index (χ0) is 14.8. The van der Waals surface area contributed by atoms with Gasteiger partial charge in [0, 0.05) is 7.05 Å². The van der Waals surface area contributed by atoms with Crippen molar-refractivity contribution >= 4 is 29.4 Å². The maximum Gasteiger partial charge on any atom is 0.215 e. The van der Waals surface area contributed by atoms with Crippen LogP contribution in [0.3, 0.4) is 0 Å². The number of anilines is 2. The van der Waals surface area contributed by atoms with E-state index in [0.29, 0.717) is 17.0 Å². The summed E-state index contributed by atoms with van der Waals surface area (Å²) in [5, 5.41) is 11.3. The average molecular weight is 302 g/mol. The second-order valence-electron chi connectivity index (χ2n) is 4.57. The summed E-state index contributed by atoms with van der Waals surface area (Å²) >= 11 is 4.99. The van der Waals surface area contributed by atoms with Crippen LogP contribution in [0.2, 0.25) is 0 Å². The molecule has 0 unspecified atom stereocenters. The third-order valence-corrected chi connectivity index (χ3v) is 3.30. The summed E-state index contributed by atoms with van der Waals surface area (Å²) in [6, 6.07) is 7.53. The van der Waals surface area contributed by atoms with Crippen molar-refractivity contribution in [2.45, 2.75) is 0 Å². The lowest BCUT2D eigenvalue weighted by molar-refractivity contribution is 0.415. The summed E-state index contributed by atoms with van der Waals surface area (Å²) in [7, 11) is 3.56. The first-order valence-electron chi connectivity index (χ1n) is 6.32. The zero-order valence-corrected chi connectivity index (χ0v) is 12.4. The van der Waals surface area contributed by atoms with Crippen LogP contribution in [0.15, 0.2) is 29.4 Å². The van der Waals surface area contributed by atoms with Crippen LogP contribution in [-0.2, 0) is 0 Å². The summed E-state index contributed by atoms with van der Waals surface area (Å²) in [6.45, 7) is 0.630. The van der Waals surface area contributed by atoms with E-state index in [9.17, 15) is 0 Å². The summed E-state index contributed by atoms with van der Waals surface area (Å²) in [6.07, 6.45) is 0. The monoisotopic (exact) mass is 302 g/mol. The zero-order valence-electron chi connectivity index (χ0n) is 11.6. The van der Waals surface area contributed by atoms with Crippen molar-refractivity contribution in [1.29, 1.82) is 0 Å². The summed E-state index contributed by atoms with van der Waals surface area (Å²) in [5.41, 5.74) is 5.41. The standard InChI is InChI=1S/C13H14N6OS/c1-19-7-10(11-12(19)14-13(21)18-17-11)16-15-8-3-5-9(20-2)6-4-8/h3-6,15H,7H2,1-2H3,(H,14,18,21)/b16-10-. The fraction of sp³-hybridized carbons (Fsp3) is 0.231. The van der Waals surface area contributed by atoms with Gasteiger partial charge in [-0.1, -0.05) is 0 Å². The van der Waals surface area contributed by atoms with Gasteiger partial charge in [-0.25, -0.2) is 0 Å². The van der Waals surface area contributed by atoms with Gasteiger partial charge in [-0.3, -0.25) is 10.5 Å². The number of rotatable bonds is 3. The molecule has 2 heterocycles. The lowest BCUT2D eigenvalue weighted by Gasteiger charge is -2.07. The topological polar surface area (TPSA) is 78.4 Å². The third kappa shape index (κ3) is 2.70. The fourth-order valence-electron chi connectivity index (χ4n) is 2.05. The quantitative estimate of drug-likeness (QED) is 0.665. The van der Waals surface area contributed by atoms with Crippen LogP contribution in [0.1, 0.15) is 5.69 Å². The number of fused-ring (bicyclic) bond motifs is 1. The summed E-state index contributed by atoms with van der Waals surface area (Å²) in [5.74, 6) is 1.55. The maximum absolute atomic E-state index is 5.12. The van der Waals surface area contributed by atoms with E-state index >= 15 is 0 Å². The molecule has 0 atom stereocenters. The Kier molecular flexibility index (Phi) is 3.53. The lowest BCUT2D eigenvalue weighted by atomic mass is 10.3. The molecule has 0 fully saturated rings. The fourth-order valence-corrected chi connectivity index (χ4v) is 2.18. The van der Waals surface area contributed by atoms with Crippen LogP contribution in [0, 0.1) is 4.77 Å². The maximum atomic E-state index is 5.12. The molecule has 1 aromatic carbocycles. The average Bonchev–Trinajstić information content (AvgIpc) is 2.81. The van der Waals surface area contributed by atoms with E-state index in [-0.39, 0.29) is 0 Å². The molecule has 8 heteroatoms. The highest BCUT2D eigenvalue weighted by atomic mass is 32.1. The van der Waals surface area contributed by atoms with Gasteiger partial charge in [0.05, 0.1) is 19.3 Å². The number of aromatic amines is 1. The molecule has 7 nitrogen and oxygen atoms in total. The Bertz CT molecular complexity index is 739. The van der Waals surface area contributed by atoms with E-state index in [4.69, 9.17) is 17.0 Å². The molecule has 3 rings (SSSR count). The van der Waals surface area contributed by atoms with Crippen LogP contribution < -0.4 is 15.1 Å². The van der Waals surface area contributed by atoms with E-state index in [2.05, 4.69) is 25.7 Å². The van der Waals surface area contributed by atoms with Gasteiger partial charge in [0.25, 0.3) is 0 Å². The van der Waals surface area contributed by atoms with Crippen LogP contribution in [0.5, 0.6) is 5.75 Å². The molecular formula is C13H14N6OS. The van der Waals surface area contributed by atoms with Crippen LogP contribution in [0.4, 0.5) is 11.5 Å². The van der Waals surface area contributed by atoms with Gasteiger partial charge in [0.2, 0.25) is 4.77 Å². The van der Waals surface area contributed by atoms with Gasteiger partial charge < -0.3 is 9.64 Å². The van der Waals surface area contributed by atoms with Crippen molar-refractivity contribution in [3.63, 3.8) is 0 Å². The first-order chi connectivity index (χ1) is 10.2. The predicted molar refractivity (Wildman–Crippen MR) is 83.6 cm³/mol. The second kappa shape index (κ2) is 5.49. The minimum absolute atomic E-state index is 0.366. The second-order valence-corrected chi connectivity index (χ2v) is 4.95. The number of hydrazone groups is 1. The Morgan fingerprint density at radius 1 is 1.38 bits per heavy atom. The number of benzene rings is 1. The molecule has 0 radical (unpaired) electrons. The number of aromatic nitrogens is 3. The van der Waals surface area contributed by atoms with Crippen LogP contribution in [0.25, 0.3) is 0 Å². The number of methoxy groups -OCH3 is 1. The Hall–Kier alpha value is -2.48. The molecule has 0 spiro atoms. The molecule has 108 valence electrons. The summed E-state index contributed by atoms with van der Waals surface area (Å²) in [4.78, 5) is 6.22. The van der Waals surface area contributed by atoms with Crippen molar-refractivity contribution in [3.05, 3.63) is 34.7 Å². The molecule has 0 saturated heterocycles. The smallest absolute Gasteiger partial charge is 0.215 e. The van der Waals surface area contributed by atoms with Gasteiger partial charge in [-0.05, 0) is 36.5 Å². The minimum atomic E-state index is 0.366. The molecule has 0 aliphatic carbocycles. The Morgan fingerprint density at radius 2 is 2.14 bits per heavy atom. The Labute approximate surface area is 126 Å². The van der Waals surface area contributed by atoms with Crippen LogP contribution in [-0.4, -0.2) is 41.6 Å². The number of hydrogen-bond donors (Lipinski definition) is 2. The third-order valence-electron chi connectivity index (χ3n) is 3.11. The number of likely N-dealkylation sites (N-methyl/N-ethyl adjacent to an activating group) is 1. The van der Waals surface area contributed by atoms with Gasteiger partial charge in [0.15, 0.2) is 11.5 Å². The highest BCUT2D eigenvalue weighted by molar-refractivity contribution is 7.71. The molecule has 0 bridgehead atoms. The molecule has 21 heavy (non-hydrogen) atoms. The van der Waals surface area contributed by atoms with Crippen molar-refractivity contribution in [2.75, 3.05) is 31.0 Å². The molecule has 1 aliphatic heterocycles. The van der Waals surface area contributed by atoms with E-state index < -0.39 is 0 Å². The Balaban J connectivity index is 1.83. The molecule has 1 aliphatic rings. The van der Waals surface area contributed by atoms with E-state index in [1.165, 1.54) is 0 Å². The first kappa shape index (κ1) is 13.5. The molecule has 2 aromatic rings. The van der Waals surface area contributed by atoms with Gasteiger partial charge >= 0.3 is 0 Å². The van der Waals surface area contributed by atoms with Gasteiger partial charge in [0.1, 0.15) is 11.5 Å². The summed E-state index contributed by atoms with van der Waals surface area (Å²) < 4.78 is 5.48. The Morgan fingerprint density at radius 3 is 2.86 bits per heavy atom. The van der Waals surface area contributed by atoms with Crippen molar-refractivity contribution in [2.24, 2.45) is 5.10 Å². The van der Waals surface area contributed by atoms with E-state index in [0.717, 1.165) is 23.0 Å². The SMILES string of the molecule is COc1ccc(N/N=C2/CN(C)c3nc(=S)[nH]nc32)cc1. The number of nitrogens with zero attached hydrogens (tertiary/aromatic N) is 4. The number of nitrogens with one attached hydrogen (secondary N) is 2. The normalized spacial score (nSPS) is 15.1. The number of H-pyrrole nitrogens is 1. The van der Waals surface area contributed by atoms with Crippen molar-refractivity contribution in [3.8, 4) is 5.75 Å². The molecular weight excluding hydrogens is 288 g/mol. The van der Waals surface area contributed by atoms with Crippen molar-refractivity contribution in [1.82, 2.24) is 15.2 Å². The van der Waals surface area contributed by atoms with Crippen molar-refractivity contribution < 1.29 is 4.74 Å². The van der Waals surface area contributed by atoms with Gasteiger partial charge in [-0.2, -0.15) is 15.2 Å². The largest absolute Gasteiger partial charge is 0.497 e. The molecule has 2 N–H and O–H groups in total. The highest BCUT2D eigenvalue weighted by Gasteiger charge is 2.25. The molecule has 0 amide bonds. The van der Waals surface area contributed by atoms with E-state index in [1.807, 2.05) is 36.2 Å². The van der Waals surface area contributed by atoms with Crippen LogP contribution >= 0.6 is 12.2 Å². The van der Waals surface area contributed by atoms with Gasteiger partial charge in [-0.15, -0.1) is 0 Å². The predicted octanol–water partition coefficient (Wildman–Crippen LogP) is 1.81.